The summed E-state index contributed by atoms with van der Waals surface area (Å²) < 4.78 is 48.9. The van der Waals surface area contributed by atoms with Crippen LogP contribution in [0.25, 0.3) is 10.2 Å². The van der Waals surface area contributed by atoms with E-state index in [-0.39, 0.29) is 10.6 Å². The maximum absolute atomic E-state index is 13.1. The molecule has 0 aliphatic carbocycles. The second kappa shape index (κ2) is 9.78. The highest BCUT2D eigenvalue weighted by Gasteiger charge is 2.15. The number of carbonyl (C=O) groups excluding carboxylic acids is 1. The fraction of sp³-hybridized carbons (Fsp3) is 0.167. The number of hydrogen-bond acceptors (Lipinski definition) is 5. The minimum atomic E-state index is -3.88. The van der Waals surface area contributed by atoms with Crippen LogP contribution in [0.15, 0.2) is 76.6 Å². The predicted molar refractivity (Wildman–Crippen MR) is 130 cm³/mol. The van der Waals surface area contributed by atoms with Crippen molar-refractivity contribution in [3.63, 3.8) is 0 Å². The number of benzene rings is 3. The summed E-state index contributed by atoms with van der Waals surface area (Å²) in [4.78, 5) is 17.6. The normalized spacial score (nSPS) is 12.1. The van der Waals surface area contributed by atoms with E-state index in [4.69, 9.17) is 4.74 Å². The number of ether oxygens (including phenoxy) is 1. The Hall–Kier alpha value is -3.50. The number of amides is 1. The second-order valence-electron chi connectivity index (χ2n) is 7.25. The Kier molecular flexibility index (Phi) is 6.80. The Labute approximate surface area is 200 Å². The summed E-state index contributed by atoms with van der Waals surface area (Å²) in [5.74, 6) is -0.203. The van der Waals surface area contributed by atoms with Gasteiger partial charge in [-0.05, 0) is 80.6 Å². The molecule has 0 fully saturated rings. The van der Waals surface area contributed by atoms with E-state index in [1.54, 1.807) is 0 Å². The fourth-order valence-corrected chi connectivity index (χ4v) is 5.54. The van der Waals surface area contributed by atoms with Crippen LogP contribution in [0.3, 0.4) is 0 Å². The zero-order valence-electron chi connectivity index (χ0n) is 18.5. The van der Waals surface area contributed by atoms with Crippen LogP contribution in [0.4, 0.5) is 10.1 Å². The van der Waals surface area contributed by atoms with Crippen LogP contribution in [0.1, 0.15) is 24.2 Å². The van der Waals surface area contributed by atoms with Gasteiger partial charge in [-0.1, -0.05) is 11.3 Å². The maximum atomic E-state index is 13.1. The van der Waals surface area contributed by atoms with Crippen LogP contribution in [-0.2, 0) is 16.6 Å². The summed E-state index contributed by atoms with van der Waals surface area (Å²) >= 11 is 1.40. The molecular formula is C24H22FN3O4S2. The lowest BCUT2D eigenvalue weighted by atomic mass is 10.2. The molecular weight excluding hydrogens is 477 g/mol. The molecule has 4 rings (SSSR count). The van der Waals surface area contributed by atoms with Gasteiger partial charge in [-0.3, -0.25) is 9.52 Å². The number of aryl methyl sites for hydroxylation is 1. The second-order valence-corrected chi connectivity index (χ2v) is 9.94. The van der Waals surface area contributed by atoms with Crippen LogP contribution in [0.2, 0.25) is 0 Å². The molecule has 4 aromatic rings. The van der Waals surface area contributed by atoms with Gasteiger partial charge in [-0.15, -0.1) is 0 Å². The molecule has 1 heterocycles. The lowest BCUT2D eigenvalue weighted by Crippen LogP contribution is -2.16. The van der Waals surface area contributed by atoms with Crippen LogP contribution < -0.4 is 14.3 Å². The first-order valence-corrected chi connectivity index (χ1v) is 12.8. The number of nitrogens with zero attached hydrogens (tertiary/aromatic N) is 2. The minimum absolute atomic E-state index is 0.0644. The van der Waals surface area contributed by atoms with Crippen LogP contribution in [-0.4, -0.2) is 25.5 Å². The number of halogens is 1. The van der Waals surface area contributed by atoms with Gasteiger partial charge < -0.3 is 9.30 Å². The van der Waals surface area contributed by atoms with E-state index in [1.165, 1.54) is 47.7 Å². The molecule has 10 heteroatoms. The number of sulfonamides is 1. The SMILES string of the molecule is CCOc1ccc2c(c1)sc(=NC(=O)c1ccc(NS(=O)(=O)c3ccc(F)cc3)cc1)n2CC. The Balaban J connectivity index is 1.58. The lowest BCUT2D eigenvalue weighted by molar-refractivity contribution is 0.0998. The summed E-state index contributed by atoms with van der Waals surface area (Å²) in [5, 5.41) is 0. The van der Waals surface area contributed by atoms with Gasteiger partial charge in [0.2, 0.25) is 0 Å². The van der Waals surface area contributed by atoms with Crippen molar-refractivity contribution in [2.24, 2.45) is 4.99 Å². The van der Waals surface area contributed by atoms with Crippen molar-refractivity contribution in [3.8, 4) is 5.75 Å². The molecule has 0 unspecified atom stereocenters. The summed E-state index contributed by atoms with van der Waals surface area (Å²) in [5.41, 5.74) is 1.56. The Morgan fingerprint density at radius 2 is 1.76 bits per heavy atom. The molecule has 34 heavy (non-hydrogen) atoms. The van der Waals surface area contributed by atoms with Crippen molar-refractivity contribution in [1.29, 1.82) is 0 Å². The molecule has 176 valence electrons. The molecule has 0 radical (unpaired) electrons. The van der Waals surface area contributed by atoms with Gasteiger partial charge in [-0.2, -0.15) is 4.99 Å². The van der Waals surface area contributed by atoms with Crippen molar-refractivity contribution >= 4 is 43.2 Å². The summed E-state index contributed by atoms with van der Waals surface area (Å²) in [6, 6.07) is 16.3. The average molecular weight is 500 g/mol. The zero-order valence-corrected chi connectivity index (χ0v) is 20.1. The highest BCUT2D eigenvalue weighted by atomic mass is 32.2. The molecule has 1 aromatic heterocycles. The topological polar surface area (TPSA) is 89.8 Å². The number of aromatic nitrogens is 1. The van der Waals surface area contributed by atoms with Gasteiger partial charge >= 0.3 is 0 Å². The summed E-state index contributed by atoms with van der Waals surface area (Å²) in [7, 11) is -3.88. The van der Waals surface area contributed by atoms with Crippen molar-refractivity contribution in [2.75, 3.05) is 11.3 Å². The van der Waals surface area contributed by atoms with Crippen molar-refractivity contribution in [2.45, 2.75) is 25.3 Å². The molecule has 0 bridgehead atoms. The lowest BCUT2D eigenvalue weighted by Gasteiger charge is -2.08. The third-order valence-electron chi connectivity index (χ3n) is 4.99. The van der Waals surface area contributed by atoms with Gasteiger partial charge in [0.25, 0.3) is 15.9 Å². The number of hydrogen-bond donors (Lipinski definition) is 1. The number of thiazole rings is 1. The van der Waals surface area contributed by atoms with Gasteiger partial charge in [0, 0.05) is 17.8 Å². The molecule has 0 saturated carbocycles. The van der Waals surface area contributed by atoms with E-state index in [2.05, 4.69) is 9.71 Å². The molecule has 7 nitrogen and oxygen atoms in total. The first-order valence-electron chi connectivity index (χ1n) is 10.5. The molecule has 0 spiro atoms. The number of fused-ring (bicyclic) bond motifs is 1. The molecule has 0 aliphatic heterocycles. The van der Waals surface area contributed by atoms with Gasteiger partial charge in [0.05, 0.1) is 21.7 Å². The number of anilines is 1. The fourth-order valence-electron chi connectivity index (χ4n) is 3.36. The molecule has 1 N–H and O–H groups in total. The Morgan fingerprint density at radius 3 is 2.41 bits per heavy atom. The molecule has 1 amide bonds. The van der Waals surface area contributed by atoms with E-state index in [9.17, 15) is 17.6 Å². The maximum Gasteiger partial charge on any atom is 0.279 e. The standard InChI is InChI=1S/C24H22FN3O4S2/c1-3-28-21-14-11-19(32-4-2)15-22(21)33-24(28)26-23(29)16-5-9-18(10-6-16)27-34(30,31)20-12-7-17(25)8-13-20/h5-15,27H,3-4H2,1-2H3. The Morgan fingerprint density at radius 1 is 1.06 bits per heavy atom. The van der Waals surface area contributed by atoms with Crippen molar-refractivity contribution in [1.82, 2.24) is 4.57 Å². The van der Waals surface area contributed by atoms with E-state index in [0.717, 1.165) is 28.1 Å². The molecule has 3 aromatic carbocycles. The van der Waals surface area contributed by atoms with Gasteiger partial charge in [-0.25, -0.2) is 12.8 Å². The number of rotatable bonds is 7. The van der Waals surface area contributed by atoms with Crippen LogP contribution in [0, 0.1) is 5.82 Å². The predicted octanol–water partition coefficient (Wildman–Crippen LogP) is 4.80. The summed E-state index contributed by atoms with van der Waals surface area (Å²) in [6.45, 7) is 5.11. The highest BCUT2D eigenvalue weighted by Crippen LogP contribution is 2.24. The van der Waals surface area contributed by atoms with E-state index < -0.39 is 21.7 Å². The molecule has 0 aliphatic rings. The van der Waals surface area contributed by atoms with E-state index >= 15 is 0 Å². The van der Waals surface area contributed by atoms with Crippen molar-refractivity contribution < 1.29 is 22.3 Å². The molecule has 0 saturated heterocycles. The average Bonchev–Trinajstić information content (AvgIpc) is 3.15. The number of carbonyl (C=O) groups is 1. The number of nitrogens with one attached hydrogen (secondary N) is 1. The van der Waals surface area contributed by atoms with Crippen molar-refractivity contribution in [3.05, 3.63) is 82.9 Å². The first kappa shape index (κ1) is 23.7. The van der Waals surface area contributed by atoms with Crippen LogP contribution >= 0.6 is 11.3 Å². The van der Waals surface area contributed by atoms with E-state index in [0.29, 0.717) is 23.5 Å². The third kappa shape index (κ3) is 5.02. The monoisotopic (exact) mass is 499 g/mol. The highest BCUT2D eigenvalue weighted by molar-refractivity contribution is 7.92. The zero-order chi connectivity index (χ0) is 24.3. The van der Waals surface area contributed by atoms with Gasteiger partial charge in [0.15, 0.2) is 4.80 Å². The quantitative estimate of drug-likeness (QED) is 0.395. The Bertz CT molecular complexity index is 1510. The third-order valence-corrected chi connectivity index (χ3v) is 7.42. The summed E-state index contributed by atoms with van der Waals surface area (Å²) in [6.07, 6.45) is 0. The van der Waals surface area contributed by atoms with E-state index in [1.807, 2.05) is 36.6 Å². The smallest absolute Gasteiger partial charge is 0.279 e. The largest absolute Gasteiger partial charge is 0.494 e. The molecule has 0 atom stereocenters. The first-order chi connectivity index (χ1) is 16.3. The van der Waals surface area contributed by atoms with Crippen LogP contribution in [0.5, 0.6) is 5.75 Å². The minimum Gasteiger partial charge on any atom is -0.494 e. The van der Waals surface area contributed by atoms with Gasteiger partial charge in [0.1, 0.15) is 11.6 Å².